The van der Waals surface area contributed by atoms with Crippen molar-refractivity contribution in [1.29, 1.82) is 0 Å². The molecule has 0 spiro atoms. The maximum atomic E-state index is 13.9. The molecule has 106 valence electrons. The van der Waals surface area contributed by atoms with Crippen molar-refractivity contribution in [2.45, 2.75) is 44.6 Å². The van der Waals surface area contributed by atoms with E-state index in [1.807, 2.05) is 0 Å². The van der Waals surface area contributed by atoms with Gasteiger partial charge in [-0.2, -0.15) is 0 Å². The Labute approximate surface area is 114 Å². The molecule has 1 aromatic rings. The fourth-order valence-corrected chi connectivity index (χ4v) is 3.10. The molecule has 1 aliphatic rings. The van der Waals surface area contributed by atoms with Crippen LogP contribution in [-0.2, 0) is 6.42 Å². The summed E-state index contributed by atoms with van der Waals surface area (Å²) in [7, 11) is 4.13. The summed E-state index contributed by atoms with van der Waals surface area (Å²) in [5, 5.41) is 0. The quantitative estimate of drug-likeness (QED) is 0.799. The van der Waals surface area contributed by atoms with Crippen LogP contribution < -0.4 is 0 Å². The second kappa shape index (κ2) is 5.58. The van der Waals surface area contributed by atoms with E-state index in [0.717, 1.165) is 24.8 Å². The van der Waals surface area contributed by atoms with Gasteiger partial charge in [-0.25, -0.2) is 8.78 Å². The molecular weight excluding hydrogens is 244 g/mol. The lowest BCUT2D eigenvalue weighted by molar-refractivity contribution is 0.0821. The Morgan fingerprint density at radius 1 is 1.21 bits per heavy atom. The minimum absolute atomic E-state index is 0.0190. The van der Waals surface area contributed by atoms with Gasteiger partial charge in [-0.05, 0) is 63.7 Å². The lowest BCUT2D eigenvalue weighted by atomic mass is 9.73. The van der Waals surface area contributed by atoms with Gasteiger partial charge in [0.05, 0.1) is 0 Å². The number of likely N-dealkylation sites (N-methyl/N-ethyl adjacent to an activating group) is 1. The summed E-state index contributed by atoms with van der Waals surface area (Å²) in [5.74, 6) is -0.164. The fourth-order valence-electron chi connectivity index (χ4n) is 3.10. The first-order valence-corrected chi connectivity index (χ1v) is 7.04. The number of rotatable bonds is 3. The van der Waals surface area contributed by atoms with Crippen LogP contribution in [0.2, 0.25) is 0 Å². The fraction of sp³-hybridized carbons (Fsp3) is 0.625. The summed E-state index contributed by atoms with van der Waals surface area (Å²) in [6.07, 6.45) is 5.19. The van der Waals surface area contributed by atoms with Gasteiger partial charge in [-0.3, -0.25) is 0 Å². The van der Waals surface area contributed by atoms with E-state index in [1.54, 1.807) is 6.07 Å². The van der Waals surface area contributed by atoms with Crippen molar-refractivity contribution in [3.05, 3.63) is 35.4 Å². The number of nitrogens with zero attached hydrogens (tertiary/aromatic N) is 1. The summed E-state index contributed by atoms with van der Waals surface area (Å²) in [6.45, 7) is 2.28. The van der Waals surface area contributed by atoms with Crippen molar-refractivity contribution in [3.63, 3.8) is 0 Å². The van der Waals surface area contributed by atoms with E-state index in [-0.39, 0.29) is 5.54 Å². The molecule has 3 heteroatoms. The molecule has 1 nitrogen and oxygen atoms in total. The van der Waals surface area contributed by atoms with Gasteiger partial charge in [0.25, 0.3) is 0 Å². The van der Waals surface area contributed by atoms with Crippen molar-refractivity contribution in [3.8, 4) is 0 Å². The highest BCUT2D eigenvalue weighted by atomic mass is 19.1. The Bertz CT molecular complexity index is 434. The van der Waals surface area contributed by atoms with Gasteiger partial charge >= 0.3 is 0 Å². The number of hydrogen-bond donors (Lipinski definition) is 0. The van der Waals surface area contributed by atoms with Gasteiger partial charge < -0.3 is 4.90 Å². The second-order valence-electron chi connectivity index (χ2n) is 6.21. The van der Waals surface area contributed by atoms with Gasteiger partial charge in [-0.1, -0.05) is 13.0 Å². The highest BCUT2D eigenvalue weighted by molar-refractivity contribution is 5.21. The van der Waals surface area contributed by atoms with Crippen LogP contribution in [0.4, 0.5) is 8.78 Å². The molecule has 19 heavy (non-hydrogen) atoms. The van der Waals surface area contributed by atoms with E-state index < -0.39 is 11.6 Å². The van der Waals surface area contributed by atoms with E-state index in [9.17, 15) is 8.78 Å². The van der Waals surface area contributed by atoms with Crippen molar-refractivity contribution in [1.82, 2.24) is 4.90 Å². The smallest absolute Gasteiger partial charge is 0.129 e. The second-order valence-corrected chi connectivity index (χ2v) is 6.21. The van der Waals surface area contributed by atoms with Gasteiger partial charge in [0.2, 0.25) is 0 Å². The highest BCUT2D eigenvalue weighted by Gasteiger charge is 2.36. The normalized spacial score (nSPS) is 27.8. The first-order valence-electron chi connectivity index (χ1n) is 7.04. The molecule has 0 aromatic heterocycles. The lowest BCUT2D eigenvalue weighted by Gasteiger charge is -2.45. The molecule has 0 aliphatic heterocycles. The predicted octanol–water partition coefficient (Wildman–Crippen LogP) is 4.02. The lowest BCUT2D eigenvalue weighted by Crippen LogP contribution is -2.48. The summed E-state index contributed by atoms with van der Waals surface area (Å²) < 4.78 is 26.8. The molecule has 0 N–H and O–H groups in total. The van der Waals surface area contributed by atoms with Gasteiger partial charge in [-0.15, -0.1) is 0 Å². The van der Waals surface area contributed by atoms with E-state index >= 15 is 0 Å². The number of benzene rings is 1. The van der Waals surface area contributed by atoms with E-state index in [1.165, 1.54) is 18.9 Å². The van der Waals surface area contributed by atoms with Gasteiger partial charge in [0.1, 0.15) is 11.6 Å². The molecule has 0 bridgehead atoms. The first kappa shape index (κ1) is 14.4. The van der Waals surface area contributed by atoms with Crippen LogP contribution in [0, 0.1) is 17.6 Å². The van der Waals surface area contributed by atoms with Crippen molar-refractivity contribution in [2.24, 2.45) is 5.92 Å². The number of halogens is 2. The zero-order valence-corrected chi connectivity index (χ0v) is 12.0. The molecule has 1 saturated carbocycles. The minimum Gasteiger partial charge on any atom is -0.303 e. The van der Waals surface area contributed by atoms with Crippen LogP contribution in [-0.4, -0.2) is 24.5 Å². The van der Waals surface area contributed by atoms with Crippen LogP contribution in [0.25, 0.3) is 0 Å². The Hall–Kier alpha value is -0.960. The predicted molar refractivity (Wildman–Crippen MR) is 74.1 cm³/mol. The third-order valence-electron chi connectivity index (χ3n) is 4.69. The van der Waals surface area contributed by atoms with Crippen molar-refractivity contribution >= 4 is 0 Å². The molecule has 2 rings (SSSR count). The molecule has 0 atom stereocenters. The van der Waals surface area contributed by atoms with Gasteiger partial charge in [0, 0.05) is 11.6 Å². The van der Waals surface area contributed by atoms with E-state index in [4.69, 9.17) is 0 Å². The van der Waals surface area contributed by atoms with Crippen molar-refractivity contribution < 1.29 is 8.78 Å². The zero-order chi connectivity index (χ0) is 14.0. The van der Waals surface area contributed by atoms with Crippen LogP contribution in [0.1, 0.15) is 38.2 Å². The largest absolute Gasteiger partial charge is 0.303 e. The monoisotopic (exact) mass is 267 g/mol. The SMILES string of the molecule is CC1CCC(Cc2ccc(F)cc2F)(N(C)C)CC1. The molecule has 0 saturated heterocycles. The first-order chi connectivity index (χ1) is 8.93. The van der Waals surface area contributed by atoms with Crippen LogP contribution >= 0.6 is 0 Å². The topological polar surface area (TPSA) is 3.24 Å². The molecule has 0 heterocycles. The molecular formula is C16H23F2N. The summed E-state index contributed by atoms with van der Waals surface area (Å²) in [6, 6.07) is 3.94. The molecule has 0 unspecified atom stereocenters. The minimum atomic E-state index is -0.502. The van der Waals surface area contributed by atoms with E-state index in [2.05, 4.69) is 25.9 Å². The molecule has 0 amide bonds. The average molecular weight is 267 g/mol. The van der Waals surface area contributed by atoms with Crippen molar-refractivity contribution in [2.75, 3.05) is 14.1 Å². The molecule has 0 radical (unpaired) electrons. The Morgan fingerprint density at radius 2 is 1.84 bits per heavy atom. The van der Waals surface area contributed by atoms with Crippen LogP contribution in [0.5, 0.6) is 0 Å². The summed E-state index contributed by atoms with van der Waals surface area (Å²) in [5.41, 5.74) is 0.648. The highest BCUT2D eigenvalue weighted by Crippen LogP contribution is 2.38. The van der Waals surface area contributed by atoms with Crippen LogP contribution in [0.3, 0.4) is 0 Å². The summed E-state index contributed by atoms with van der Waals surface area (Å²) >= 11 is 0. The Balaban J connectivity index is 2.21. The van der Waals surface area contributed by atoms with Gasteiger partial charge in [0.15, 0.2) is 0 Å². The van der Waals surface area contributed by atoms with E-state index in [0.29, 0.717) is 12.0 Å². The third-order valence-corrected chi connectivity index (χ3v) is 4.69. The molecule has 1 fully saturated rings. The maximum Gasteiger partial charge on any atom is 0.129 e. The van der Waals surface area contributed by atoms with Crippen LogP contribution in [0.15, 0.2) is 18.2 Å². The Kier molecular flexibility index (Phi) is 4.24. The molecule has 1 aliphatic carbocycles. The number of hydrogen-bond acceptors (Lipinski definition) is 1. The zero-order valence-electron chi connectivity index (χ0n) is 12.0. The standard InChI is InChI=1S/C16H23F2N/c1-12-6-8-16(9-7-12,19(2)3)11-13-4-5-14(17)10-15(13)18/h4-5,10,12H,6-9,11H2,1-3H3. The third kappa shape index (κ3) is 3.14. The molecule has 1 aromatic carbocycles. The summed E-state index contributed by atoms with van der Waals surface area (Å²) in [4.78, 5) is 2.22. The Morgan fingerprint density at radius 3 is 2.37 bits per heavy atom. The maximum absolute atomic E-state index is 13.9. The average Bonchev–Trinajstić information content (AvgIpc) is 2.35.